The van der Waals surface area contributed by atoms with Crippen molar-refractivity contribution < 1.29 is 0 Å². The normalized spacial score (nSPS) is 44.1. The van der Waals surface area contributed by atoms with Crippen LogP contribution in [0.25, 0.3) is 0 Å². The summed E-state index contributed by atoms with van der Waals surface area (Å²) in [6.07, 6.45) is 5.97. The van der Waals surface area contributed by atoms with Gasteiger partial charge in [-0.15, -0.1) is 0 Å². The molecule has 0 N–H and O–H groups in total. The number of hydrogen-bond donors (Lipinski definition) is 0. The van der Waals surface area contributed by atoms with Crippen molar-refractivity contribution in [3.05, 3.63) is 11.1 Å². The van der Waals surface area contributed by atoms with Crippen LogP contribution < -0.4 is 0 Å². The van der Waals surface area contributed by atoms with Gasteiger partial charge in [-0.3, -0.25) is 0 Å². The van der Waals surface area contributed by atoms with Crippen LogP contribution in [-0.2, 0) is 0 Å². The fourth-order valence-electron chi connectivity index (χ4n) is 2.57. The maximum atomic E-state index is 2.42. The van der Waals surface area contributed by atoms with Gasteiger partial charge < -0.3 is 0 Å². The van der Waals surface area contributed by atoms with Gasteiger partial charge in [0.2, 0.25) is 0 Å². The SMILES string of the molecule is CC1CC(C2CC2)=C2CC21. The van der Waals surface area contributed by atoms with Crippen LogP contribution in [0.15, 0.2) is 11.1 Å². The zero-order valence-electron chi connectivity index (χ0n) is 6.56. The third-order valence-electron chi connectivity index (χ3n) is 3.44. The minimum Gasteiger partial charge on any atom is -0.0673 e. The van der Waals surface area contributed by atoms with E-state index in [-0.39, 0.29) is 0 Å². The zero-order valence-corrected chi connectivity index (χ0v) is 6.56. The first-order chi connectivity index (χ1) is 4.86. The van der Waals surface area contributed by atoms with E-state index in [0.717, 1.165) is 17.8 Å². The molecule has 0 aromatic rings. The number of allylic oxidation sites excluding steroid dienone is 2. The molecule has 0 aromatic carbocycles. The van der Waals surface area contributed by atoms with E-state index in [2.05, 4.69) is 6.92 Å². The van der Waals surface area contributed by atoms with E-state index in [1.807, 2.05) is 11.1 Å². The summed E-state index contributed by atoms with van der Waals surface area (Å²) in [5.41, 5.74) is 3.78. The van der Waals surface area contributed by atoms with Crippen molar-refractivity contribution in [2.24, 2.45) is 17.8 Å². The Morgan fingerprint density at radius 3 is 2.30 bits per heavy atom. The van der Waals surface area contributed by atoms with Gasteiger partial charge in [-0.05, 0) is 43.4 Å². The van der Waals surface area contributed by atoms with Crippen LogP contribution >= 0.6 is 0 Å². The predicted molar refractivity (Wildman–Crippen MR) is 41.6 cm³/mol. The highest BCUT2D eigenvalue weighted by molar-refractivity contribution is 5.39. The Kier molecular flexibility index (Phi) is 0.805. The molecule has 3 aliphatic carbocycles. The largest absolute Gasteiger partial charge is 0.0673 e. The molecule has 2 saturated carbocycles. The number of rotatable bonds is 1. The number of fused-ring (bicyclic) bond motifs is 1. The van der Waals surface area contributed by atoms with E-state index in [1.54, 1.807) is 0 Å². The highest BCUT2D eigenvalue weighted by Gasteiger charge is 2.46. The summed E-state index contributed by atoms with van der Waals surface area (Å²) in [5, 5.41) is 0. The van der Waals surface area contributed by atoms with Crippen molar-refractivity contribution in [3.8, 4) is 0 Å². The topological polar surface area (TPSA) is 0 Å². The van der Waals surface area contributed by atoms with Gasteiger partial charge in [0.05, 0.1) is 0 Å². The lowest BCUT2D eigenvalue weighted by molar-refractivity contribution is 0.535. The Labute approximate surface area is 62.3 Å². The molecular weight excluding hydrogens is 120 g/mol. The maximum absolute atomic E-state index is 2.42. The Morgan fingerprint density at radius 1 is 1.10 bits per heavy atom. The van der Waals surface area contributed by atoms with Gasteiger partial charge in [0.1, 0.15) is 0 Å². The van der Waals surface area contributed by atoms with E-state index in [1.165, 1.54) is 25.7 Å². The van der Waals surface area contributed by atoms with Gasteiger partial charge in [0.15, 0.2) is 0 Å². The highest BCUT2D eigenvalue weighted by atomic mass is 14.5. The maximum Gasteiger partial charge on any atom is -0.0134 e. The van der Waals surface area contributed by atoms with Crippen LogP contribution in [0, 0.1) is 17.8 Å². The Hall–Kier alpha value is -0.260. The molecule has 0 amide bonds. The first-order valence-electron chi connectivity index (χ1n) is 4.58. The van der Waals surface area contributed by atoms with Crippen LogP contribution in [0.1, 0.15) is 32.6 Å². The van der Waals surface area contributed by atoms with Gasteiger partial charge in [0, 0.05) is 0 Å². The lowest BCUT2D eigenvalue weighted by Gasteiger charge is -2.04. The van der Waals surface area contributed by atoms with Crippen LogP contribution in [0.4, 0.5) is 0 Å². The molecule has 0 radical (unpaired) electrons. The Balaban J connectivity index is 1.91. The van der Waals surface area contributed by atoms with Crippen LogP contribution in [0.3, 0.4) is 0 Å². The lowest BCUT2D eigenvalue weighted by atomic mass is 10.0. The van der Waals surface area contributed by atoms with Crippen molar-refractivity contribution in [1.29, 1.82) is 0 Å². The van der Waals surface area contributed by atoms with Gasteiger partial charge in [-0.25, -0.2) is 0 Å². The second kappa shape index (κ2) is 1.49. The van der Waals surface area contributed by atoms with Gasteiger partial charge in [0.25, 0.3) is 0 Å². The van der Waals surface area contributed by atoms with Gasteiger partial charge in [-0.1, -0.05) is 18.1 Å². The van der Waals surface area contributed by atoms with E-state index < -0.39 is 0 Å². The third kappa shape index (κ3) is 0.574. The standard InChI is InChI=1S/C10H14/c1-6-4-9(7-2-3-7)10-5-8(6)10/h6-8H,2-5H2,1H3. The molecule has 0 heteroatoms. The van der Waals surface area contributed by atoms with Crippen molar-refractivity contribution in [2.45, 2.75) is 32.6 Å². The minimum absolute atomic E-state index is 1.02. The third-order valence-corrected chi connectivity index (χ3v) is 3.44. The molecule has 0 nitrogen and oxygen atoms in total. The molecule has 3 rings (SSSR count). The molecule has 0 aromatic heterocycles. The Morgan fingerprint density at radius 2 is 1.90 bits per heavy atom. The lowest BCUT2D eigenvalue weighted by Crippen LogP contribution is -1.93. The molecule has 10 heavy (non-hydrogen) atoms. The van der Waals surface area contributed by atoms with E-state index in [4.69, 9.17) is 0 Å². The average Bonchev–Trinajstić information content (AvgIpc) is 2.81. The van der Waals surface area contributed by atoms with E-state index >= 15 is 0 Å². The molecular formula is C10H14. The summed E-state index contributed by atoms with van der Waals surface area (Å²) in [6, 6.07) is 0. The first kappa shape index (κ1) is 5.40. The van der Waals surface area contributed by atoms with Crippen molar-refractivity contribution in [1.82, 2.24) is 0 Å². The first-order valence-corrected chi connectivity index (χ1v) is 4.58. The van der Waals surface area contributed by atoms with Crippen LogP contribution in [0.5, 0.6) is 0 Å². The predicted octanol–water partition coefficient (Wildman–Crippen LogP) is 2.75. The number of hydrogen-bond acceptors (Lipinski definition) is 0. The molecule has 54 valence electrons. The van der Waals surface area contributed by atoms with Gasteiger partial charge in [-0.2, -0.15) is 0 Å². The molecule has 0 heterocycles. The summed E-state index contributed by atoms with van der Waals surface area (Å²) < 4.78 is 0. The van der Waals surface area contributed by atoms with E-state index in [0.29, 0.717) is 0 Å². The molecule has 0 spiro atoms. The average molecular weight is 134 g/mol. The highest BCUT2D eigenvalue weighted by Crippen LogP contribution is 2.59. The minimum atomic E-state index is 1.02. The molecule has 3 aliphatic rings. The van der Waals surface area contributed by atoms with Crippen molar-refractivity contribution in [3.63, 3.8) is 0 Å². The van der Waals surface area contributed by atoms with Crippen molar-refractivity contribution in [2.75, 3.05) is 0 Å². The van der Waals surface area contributed by atoms with E-state index in [9.17, 15) is 0 Å². The Bertz CT molecular complexity index is 208. The smallest absolute Gasteiger partial charge is 0.0134 e. The summed E-state index contributed by atoms with van der Waals surface area (Å²) in [5.74, 6) is 3.16. The molecule has 2 fully saturated rings. The molecule has 0 bridgehead atoms. The van der Waals surface area contributed by atoms with Crippen LogP contribution in [-0.4, -0.2) is 0 Å². The summed E-state index contributed by atoms with van der Waals surface area (Å²) in [7, 11) is 0. The molecule has 2 atom stereocenters. The molecule has 0 aliphatic heterocycles. The second-order valence-corrected chi connectivity index (χ2v) is 4.32. The summed E-state index contributed by atoms with van der Waals surface area (Å²) in [6.45, 7) is 2.42. The van der Waals surface area contributed by atoms with Crippen molar-refractivity contribution >= 4 is 0 Å². The van der Waals surface area contributed by atoms with Crippen LogP contribution in [0.2, 0.25) is 0 Å². The summed E-state index contributed by atoms with van der Waals surface area (Å²) in [4.78, 5) is 0. The second-order valence-electron chi connectivity index (χ2n) is 4.32. The fourth-order valence-corrected chi connectivity index (χ4v) is 2.57. The fraction of sp³-hybridized carbons (Fsp3) is 0.800. The zero-order chi connectivity index (χ0) is 6.72. The molecule has 0 saturated heterocycles. The monoisotopic (exact) mass is 134 g/mol. The quantitative estimate of drug-likeness (QED) is 0.484. The van der Waals surface area contributed by atoms with Gasteiger partial charge >= 0.3 is 0 Å². The summed E-state index contributed by atoms with van der Waals surface area (Å²) >= 11 is 0. The molecule has 2 unspecified atom stereocenters.